The molecule has 1 atom stereocenters. The highest BCUT2D eigenvalue weighted by Crippen LogP contribution is 2.42. The van der Waals surface area contributed by atoms with E-state index >= 15 is 0 Å². The van der Waals surface area contributed by atoms with Gasteiger partial charge in [0, 0.05) is 18.1 Å². The molecule has 1 aliphatic carbocycles. The van der Waals surface area contributed by atoms with Crippen molar-refractivity contribution >= 4 is 16.9 Å². The molecule has 0 radical (unpaired) electrons. The number of carbonyl (C=O) groups is 1. The Morgan fingerprint density at radius 3 is 2.75 bits per heavy atom. The molecule has 0 aliphatic heterocycles. The molecule has 106 valence electrons. The van der Waals surface area contributed by atoms with Gasteiger partial charge in [-0.25, -0.2) is 0 Å². The zero-order valence-electron chi connectivity index (χ0n) is 12.4. The van der Waals surface area contributed by atoms with Crippen molar-refractivity contribution in [3.8, 4) is 0 Å². The van der Waals surface area contributed by atoms with Gasteiger partial charge in [0.2, 0.25) is 0 Å². The molecule has 0 fully saturated rings. The number of aromatic nitrogens is 1. The van der Waals surface area contributed by atoms with E-state index in [-0.39, 0.29) is 12.3 Å². The van der Waals surface area contributed by atoms with Crippen molar-refractivity contribution in [2.45, 2.75) is 45.4 Å². The van der Waals surface area contributed by atoms with Gasteiger partial charge in [-0.3, -0.25) is 4.79 Å². The lowest BCUT2D eigenvalue weighted by Gasteiger charge is -2.23. The Balaban J connectivity index is 2.32. The second-order valence-corrected chi connectivity index (χ2v) is 6.03. The van der Waals surface area contributed by atoms with Crippen molar-refractivity contribution in [1.29, 1.82) is 0 Å². The summed E-state index contributed by atoms with van der Waals surface area (Å²) in [6.45, 7) is 4.27. The van der Waals surface area contributed by atoms with E-state index in [0.717, 1.165) is 19.3 Å². The fourth-order valence-corrected chi connectivity index (χ4v) is 3.85. The van der Waals surface area contributed by atoms with E-state index in [9.17, 15) is 9.90 Å². The predicted octanol–water partition coefficient (Wildman–Crippen LogP) is 3.69. The second-order valence-electron chi connectivity index (χ2n) is 6.03. The molecule has 1 aromatic carbocycles. The Morgan fingerprint density at radius 2 is 2.05 bits per heavy atom. The molecule has 1 N–H and O–H groups in total. The van der Waals surface area contributed by atoms with E-state index in [4.69, 9.17) is 0 Å². The van der Waals surface area contributed by atoms with Crippen LogP contribution < -0.4 is 0 Å². The first-order valence-corrected chi connectivity index (χ1v) is 7.30. The largest absolute Gasteiger partial charge is 0.481 e. The summed E-state index contributed by atoms with van der Waals surface area (Å²) in [7, 11) is 2.12. The summed E-state index contributed by atoms with van der Waals surface area (Å²) in [4.78, 5) is 11.2. The van der Waals surface area contributed by atoms with Gasteiger partial charge in [0.15, 0.2) is 0 Å². The number of aryl methyl sites for hydroxylation is 3. The van der Waals surface area contributed by atoms with Crippen molar-refractivity contribution in [2.24, 2.45) is 7.05 Å². The smallest absolute Gasteiger partial charge is 0.303 e. The predicted molar refractivity (Wildman–Crippen MR) is 80.3 cm³/mol. The Morgan fingerprint density at radius 1 is 1.35 bits per heavy atom. The van der Waals surface area contributed by atoms with Gasteiger partial charge in [-0.2, -0.15) is 0 Å². The first-order valence-electron chi connectivity index (χ1n) is 7.30. The molecule has 2 aromatic rings. The van der Waals surface area contributed by atoms with Crippen LogP contribution in [0, 0.1) is 13.8 Å². The van der Waals surface area contributed by atoms with E-state index in [1.54, 1.807) is 0 Å². The lowest BCUT2D eigenvalue weighted by Crippen LogP contribution is -2.14. The lowest BCUT2D eigenvalue weighted by molar-refractivity contribution is -0.137. The molecule has 0 amide bonds. The van der Waals surface area contributed by atoms with Crippen molar-refractivity contribution in [3.05, 3.63) is 34.5 Å². The summed E-state index contributed by atoms with van der Waals surface area (Å²) in [5.74, 6) is -0.523. The topological polar surface area (TPSA) is 42.2 Å². The van der Waals surface area contributed by atoms with E-state index in [0.29, 0.717) is 0 Å². The van der Waals surface area contributed by atoms with Gasteiger partial charge >= 0.3 is 5.97 Å². The summed E-state index contributed by atoms with van der Waals surface area (Å²) in [5.41, 5.74) is 6.47. The second kappa shape index (κ2) is 4.65. The van der Waals surface area contributed by atoms with Gasteiger partial charge in [0.1, 0.15) is 0 Å². The monoisotopic (exact) mass is 271 g/mol. The normalized spacial score (nSPS) is 18.2. The molecule has 1 unspecified atom stereocenters. The molecular formula is C17H21NO2. The van der Waals surface area contributed by atoms with Gasteiger partial charge in [0.25, 0.3) is 0 Å². The van der Waals surface area contributed by atoms with Crippen LogP contribution in [0.15, 0.2) is 12.1 Å². The minimum absolute atomic E-state index is 0.167. The van der Waals surface area contributed by atoms with E-state index in [1.807, 2.05) is 0 Å². The number of carboxylic acids is 1. The molecule has 20 heavy (non-hydrogen) atoms. The fourth-order valence-electron chi connectivity index (χ4n) is 3.85. The number of carboxylic acid groups (broad SMARTS) is 1. The standard InChI is InChI=1S/C17H21NO2/c1-10-7-8-11(2)17-15(10)16-12(9-14(19)20)5-4-6-13(16)18(17)3/h7-8,12H,4-6,9H2,1-3H3,(H,19,20). The fraction of sp³-hybridized carbons (Fsp3) is 0.471. The number of benzene rings is 1. The number of aliphatic carboxylic acids is 1. The summed E-state index contributed by atoms with van der Waals surface area (Å²) in [5, 5.41) is 10.5. The van der Waals surface area contributed by atoms with Gasteiger partial charge < -0.3 is 9.67 Å². The Kier molecular flexibility index (Phi) is 3.08. The maximum atomic E-state index is 11.2. The van der Waals surface area contributed by atoms with Crippen molar-refractivity contribution < 1.29 is 9.90 Å². The minimum atomic E-state index is -0.690. The van der Waals surface area contributed by atoms with Crippen LogP contribution in [0.1, 0.15) is 47.6 Å². The first kappa shape index (κ1) is 13.2. The molecule has 0 saturated heterocycles. The average molecular weight is 271 g/mol. The molecule has 1 aromatic heterocycles. The number of rotatable bonds is 2. The van der Waals surface area contributed by atoms with Gasteiger partial charge in [-0.1, -0.05) is 12.1 Å². The zero-order chi connectivity index (χ0) is 14.4. The molecule has 0 bridgehead atoms. The van der Waals surface area contributed by atoms with Crippen LogP contribution in [-0.2, 0) is 18.3 Å². The Labute approximate surface area is 119 Å². The molecule has 0 spiro atoms. The highest BCUT2D eigenvalue weighted by Gasteiger charge is 2.29. The first-order chi connectivity index (χ1) is 9.50. The van der Waals surface area contributed by atoms with Gasteiger partial charge in [0.05, 0.1) is 11.9 Å². The summed E-state index contributed by atoms with van der Waals surface area (Å²) >= 11 is 0. The molecule has 3 nitrogen and oxygen atoms in total. The zero-order valence-corrected chi connectivity index (χ0v) is 12.4. The molecule has 1 aliphatic rings. The van der Waals surface area contributed by atoms with Crippen LogP contribution >= 0.6 is 0 Å². The van der Waals surface area contributed by atoms with Crippen LogP contribution in [0.5, 0.6) is 0 Å². The van der Waals surface area contributed by atoms with E-state index < -0.39 is 5.97 Å². The SMILES string of the molecule is Cc1ccc(C)c2c1c1c(n2C)CCCC1CC(=O)O. The van der Waals surface area contributed by atoms with Crippen LogP contribution in [-0.4, -0.2) is 15.6 Å². The number of hydrogen-bond donors (Lipinski definition) is 1. The van der Waals surface area contributed by atoms with E-state index in [1.165, 1.54) is 33.3 Å². The van der Waals surface area contributed by atoms with Crippen LogP contribution in [0.3, 0.4) is 0 Å². The van der Waals surface area contributed by atoms with Crippen LogP contribution in [0.2, 0.25) is 0 Å². The lowest BCUT2D eigenvalue weighted by atomic mass is 9.82. The highest BCUT2D eigenvalue weighted by atomic mass is 16.4. The summed E-state index contributed by atoms with van der Waals surface area (Å²) in [6, 6.07) is 4.32. The molecule has 1 heterocycles. The third-order valence-corrected chi connectivity index (χ3v) is 4.70. The quantitative estimate of drug-likeness (QED) is 0.905. The third-order valence-electron chi connectivity index (χ3n) is 4.70. The van der Waals surface area contributed by atoms with Crippen LogP contribution in [0.25, 0.3) is 10.9 Å². The summed E-state index contributed by atoms with van der Waals surface area (Å²) in [6.07, 6.45) is 3.40. The maximum absolute atomic E-state index is 11.2. The Bertz CT molecular complexity index is 697. The van der Waals surface area contributed by atoms with Crippen LogP contribution in [0.4, 0.5) is 0 Å². The van der Waals surface area contributed by atoms with Gasteiger partial charge in [-0.15, -0.1) is 0 Å². The van der Waals surface area contributed by atoms with Crippen molar-refractivity contribution in [3.63, 3.8) is 0 Å². The number of fused-ring (bicyclic) bond motifs is 3. The molecule has 3 heteroatoms. The molecule has 3 rings (SSSR count). The Hall–Kier alpha value is -1.77. The molecule has 0 saturated carbocycles. The molecular weight excluding hydrogens is 250 g/mol. The summed E-state index contributed by atoms with van der Waals surface area (Å²) < 4.78 is 2.29. The number of nitrogens with zero attached hydrogens (tertiary/aromatic N) is 1. The maximum Gasteiger partial charge on any atom is 0.303 e. The third kappa shape index (κ3) is 1.84. The van der Waals surface area contributed by atoms with Crippen molar-refractivity contribution in [1.82, 2.24) is 4.57 Å². The van der Waals surface area contributed by atoms with Gasteiger partial charge in [-0.05, 0) is 55.7 Å². The highest BCUT2D eigenvalue weighted by molar-refractivity contribution is 5.92. The minimum Gasteiger partial charge on any atom is -0.481 e. The van der Waals surface area contributed by atoms with Crippen molar-refractivity contribution in [2.75, 3.05) is 0 Å². The number of hydrogen-bond acceptors (Lipinski definition) is 1. The average Bonchev–Trinajstić information content (AvgIpc) is 2.70. The van der Waals surface area contributed by atoms with E-state index in [2.05, 4.69) is 37.6 Å².